The highest BCUT2D eigenvalue weighted by Gasteiger charge is 2.21. The molecule has 2 fully saturated rings. The molecule has 0 radical (unpaired) electrons. The van der Waals surface area contributed by atoms with Crippen LogP contribution in [0.15, 0.2) is 60.7 Å². The van der Waals surface area contributed by atoms with Gasteiger partial charge in [0.25, 0.3) is 0 Å². The lowest BCUT2D eigenvalue weighted by Gasteiger charge is -2.36. The number of halogens is 2. The van der Waals surface area contributed by atoms with E-state index in [0.717, 1.165) is 112 Å². The number of benzene rings is 3. The molecule has 0 atom stereocenters. The van der Waals surface area contributed by atoms with Gasteiger partial charge in [0.15, 0.2) is 0 Å². The van der Waals surface area contributed by atoms with Gasteiger partial charge >= 0.3 is 5.97 Å². The number of anilines is 2. The minimum Gasteiger partial charge on any atom is -0.462 e. The predicted octanol–water partition coefficient (Wildman–Crippen LogP) is 5.77. The van der Waals surface area contributed by atoms with Crippen molar-refractivity contribution in [3.63, 3.8) is 0 Å². The summed E-state index contributed by atoms with van der Waals surface area (Å²) >= 11 is 12.6. The summed E-state index contributed by atoms with van der Waals surface area (Å²) in [6.07, 6.45) is 0. The average molecular weight is 724 g/mol. The number of nitrogens with one attached hydrogen (secondary N) is 1. The molecule has 2 saturated heterocycles. The third-order valence-corrected chi connectivity index (χ3v) is 9.90. The molecule has 270 valence electrons. The fraction of sp³-hybridized carbons (Fsp3) is 0.474. The van der Waals surface area contributed by atoms with E-state index < -0.39 is 0 Å². The summed E-state index contributed by atoms with van der Waals surface area (Å²) in [7, 11) is 8.45. The summed E-state index contributed by atoms with van der Waals surface area (Å²) < 4.78 is 5.07. The Balaban J connectivity index is 0.000000197. The van der Waals surface area contributed by atoms with E-state index in [4.69, 9.17) is 32.9 Å². The van der Waals surface area contributed by atoms with Crippen LogP contribution < -0.4 is 9.80 Å². The molecule has 1 aromatic heterocycles. The quantitative estimate of drug-likeness (QED) is 0.195. The van der Waals surface area contributed by atoms with Gasteiger partial charge in [0.05, 0.1) is 33.2 Å². The maximum absolute atomic E-state index is 12.0. The monoisotopic (exact) mass is 722 g/mol. The van der Waals surface area contributed by atoms with E-state index in [0.29, 0.717) is 17.2 Å². The molecule has 6 rings (SSSR count). The third kappa shape index (κ3) is 10.3. The number of H-pyrrole nitrogens is 1. The van der Waals surface area contributed by atoms with Crippen LogP contribution in [0.5, 0.6) is 0 Å². The van der Waals surface area contributed by atoms with Gasteiger partial charge in [-0.05, 0) is 83.6 Å². The Morgan fingerprint density at radius 1 is 0.760 bits per heavy atom. The van der Waals surface area contributed by atoms with Crippen molar-refractivity contribution in [2.24, 2.45) is 0 Å². The molecule has 0 amide bonds. The number of para-hydroxylation sites is 2. The largest absolute Gasteiger partial charge is 0.462 e. The molecular formula is C38H52Cl2N8O2. The molecule has 50 heavy (non-hydrogen) atoms. The Morgan fingerprint density at radius 3 is 1.84 bits per heavy atom. The third-order valence-electron chi connectivity index (χ3n) is 9.24. The smallest absolute Gasteiger partial charge is 0.339 e. The standard InChI is InChI=1S/C21H26ClN5.C17H26ClN3O2/c1-25(2)9-10-26-11-13-27(14-12-26)16-7-8-18(22)17(15-16)21-23-19-5-3-4-6-20(19)24-21;1-4-23-17(22)15-13-14(5-6-16(15)18)21-11-9-20(10-12-21)8-7-19(2)3/h3-8,15H,9-14H2,1-2H3,(H,23,24);5-6,13H,4,7-12H2,1-3H3. The van der Waals surface area contributed by atoms with Crippen molar-refractivity contribution < 1.29 is 9.53 Å². The van der Waals surface area contributed by atoms with Crippen LogP contribution in [0, 0.1) is 0 Å². The number of carbonyl (C=O) groups is 1. The Kier molecular flexibility index (Phi) is 13.8. The zero-order chi connectivity index (χ0) is 35.6. The van der Waals surface area contributed by atoms with Gasteiger partial charge in [0.1, 0.15) is 5.82 Å². The van der Waals surface area contributed by atoms with Crippen LogP contribution in [0.4, 0.5) is 11.4 Å². The molecule has 0 spiro atoms. The van der Waals surface area contributed by atoms with Crippen LogP contribution >= 0.6 is 23.2 Å². The molecule has 2 aliphatic rings. The van der Waals surface area contributed by atoms with Gasteiger partial charge < -0.3 is 29.3 Å². The molecule has 12 heteroatoms. The minimum atomic E-state index is -0.357. The van der Waals surface area contributed by atoms with Gasteiger partial charge in [0, 0.05) is 95.5 Å². The summed E-state index contributed by atoms with van der Waals surface area (Å²) in [5.41, 5.74) is 5.64. The van der Waals surface area contributed by atoms with E-state index in [1.54, 1.807) is 13.0 Å². The van der Waals surface area contributed by atoms with Gasteiger partial charge in [0.2, 0.25) is 0 Å². The van der Waals surface area contributed by atoms with Crippen LogP contribution in [-0.2, 0) is 4.74 Å². The number of fused-ring (bicyclic) bond motifs is 1. The Labute approximate surface area is 307 Å². The van der Waals surface area contributed by atoms with Gasteiger partial charge in [-0.25, -0.2) is 9.78 Å². The minimum absolute atomic E-state index is 0.351. The second-order valence-corrected chi connectivity index (χ2v) is 14.2. The maximum Gasteiger partial charge on any atom is 0.339 e. The molecule has 4 aromatic rings. The second kappa shape index (κ2) is 18.2. The van der Waals surface area contributed by atoms with E-state index in [1.807, 2.05) is 42.5 Å². The number of hydrogen-bond donors (Lipinski definition) is 1. The molecule has 0 bridgehead atoms. The zero-order valence-corrected chi connectivity index (χ0v) is 31.7. The summed E-state index contributed by atoms with van der Waals surface area (Å²) in [5.74, 6) is 0.469. The van der Waals surface area contributed by atoms with E-state index in [9.17, 15) is 4.79 Å². The number of ether oxygens (including phenoxy) is 1. The zero-order valence-electron chi connectivity index (χ0n) is 30.2. The first-order valence-corrected chi connectivity index (χ1v) is 18.3. The van der Waals surface area contributed by atoms with Crippen molar-refractivity contribution in [3.8, 4) is 11.4 Å². The number of esters is 1. The molecule has 0 saturated carbocycles. The SMILES string of the molecule is CCOC(=O)c1cc(N2CCN(CCN(C)C)CC2)ccc1Cl.CN(C)CCN1CCN(c2ccc(Cl)c(-c3nc4ccccc4[nH]3)c2)CC1. The number of piperazine rings is 2. The molecule has 1 N–H and O–H groups in total. The highest BCUT2D eigenvalue weighted by molar-refractivity contribution is 6.34. The highest BCUT2D eigenvalue weighted by Crippen LogP contribution is 2.32. The normalized spacial score (nSPS) is 15.9. The van der Waals surface area contributed by atoms with Crippen molar-refractivity contribution in [3.05, 3.63) is 76.3 Å². The molecular weight excluding hydrogens is 671 g/mol. The number of aromatic nitrogens is 2. The number of likely N-dealkylation sites (N-methyl/N-ethyl adjacent to an activating group) is 2. The Bertz CT molecular complexity index is 1650. The van der Waals surface area contributed by atoms with Crippen LogP contribution in [0.2, 0.25) is 10.0 Å². The summed E-state index contributed by atoms with van der Waals surface area (Å²) in [6, 6.07) is 19.9. The molecule has 2 aliphatic heterocycles. The first-order valence-electron chi connectivity index (χ1n) is 17.6. The fourth-order valence-corrected chi connectivity index (χ4v) is 6.59. The van der Waals surface area contributed by atoms with E-state index >= 15 is 0 Å². The second-order valence-electron chi connectivity index (χ2n) is 13.4. The van der Waals surface area contributed by atoms with Crippen LogP contribution in [0.3, 0.4) is 0 Å². The maximum atomic E-state index is 12.0. The highest BCUT2D eigenvalue weighted by atomic mass is 35.5. The molecule has 0 unspecified atom stereocenters. The van der Waals surface area contributed by atoms with Crippen molar-refractivity contribution in [2.45, 2.75) is 6.92 Å². The molecule has 0 aliphatic carbocycles. The average Bonchev–Trinajstić information content (AvgIpc) is 3.55. The molecule has 3 aromatic carbocycles. The predicted molar refractivity (Wildman–Crippen MR) is 208 cm³/mol. The number of carbonyl (C=O) groups excluding carboxylic acids is 1. The van der Waals surface area contributed by atoms with Crippen molar-refractivity contribution in [1.29, 1.82) is 0 Å². The lowest BCUT2D eigenvalue weighted by Crippen LogP contribution is -2.48. The first-order chi connectivity index (χ1) is 24.1. The van der Waals surface area contributed by atoms with Crippen molar-refractivity contribution in [1.82, 2.24) is 29.6 Å². The van der Waals surface area contributed by atoms with Crippen molar-refractivity contribution in [2.75, 3.05) is 123 Å². The van der Waals surface area contributed by atoms with Gasteiger partial charge in [-0.3, -0.25) is 9.80 Å². The molecule has 10 nitrogen and oxygen atoms in total. The number of aromatic amines is 1. The van der Waals surface area contributed by atoms with Crippen LogP contribution in [-0.4, -0.2) is 149 Å². The fourth-order valence-electron chi connectivity index (χ4n) is 6.19. The number of nitrogens with zero attached hydrogens (tertiary/aromatic N) is 7. The first kappa shape index (κ1) is 37.9. The van der Waals surface area contributed by atoms with E-state index in [-0.39, 0.29) is 5.97 Å². The lowest BCUT2D eigenvalue weighted by molar-refractivity contribution is 0.0526. The summed E-state index contributed by atoms with van der Waals surface area (Å²) in [5, 5.41) is 1.17. The Morgan fingerprint density at radius 2 is 1.30 bits per heavy atom. The topological polar surface area (TPSA) is 74.4 Å². The van der Waals surface area contributed by atoms with Gasteiger partial charge in [-0.2, -0.15) is 0 Å². The van der Waals surface area contributed by atoms with E-state index in [1.165, 1.54) is 5.69 Å². The van der Waals surface area contributed by atoms with Gasteiger partial charge in [-0.1, -0.05) is 35.3 Å². The summed E-state index contributed by atoms with van der Waals surface area (Å²) in [4.78, 5) is 34.3. The number of hydrogen-bond acceptors (Lipinski definition) is 9. The molecule has 3 heterocycles. The van der Waals surface area contributed by atoms with E-state index in [2.05, 4.69) is 74.7 Å². The van der Waals surface area contributed by atoms with Crippen LogP contribution in [0.1, 0.15) is 17.3 Å². The van der Waals surface area contributed by atoms with Crippen LogP contribution in [0.25, 0.3) is 22.4 Å². The lowest BCUT2D eigenvalue weighted by atomic mass is 10.1. The summed E-state index contributed by atoms with van der Waals surface area (Å²) in [6.45, 7) is 14.8. The number of rotatable bonds is 11. The number of imidazole rings is 1. The van der Waals surface area contributed by atoms with Crippen molar-refractivity contribution >= 4 is 51.6 Å². The van der Waals surface area contributed by atoms with Gasteiger partial charge in [-0.15, -0.1) is 0 Å². The Hall–Kier alpha value is -3.38.